The van der Waals surface area contributed by atoms with Crippen LogP contribution < -0.4 is 0 Å². The summed E-state index contributed by atoms with van der Waals surface area (Å²) in [4.78, 5) is 11.4. The molecule has 0 aromatic heterocycles. The highest BCUT2D eigenvalue weighted by atomic mass is 16.5. The normalized spacial score (nSPS) is 20.4. The highest BCUT2D eigenvalue weighted by Crippen LogP contribution is 2.38. The smallest absolute Gasteiger partial charge is 0.371 e. The zero-order valence-corrected chi connectivity index (χ0v) is 13.6. The highest BCUT2D eigenvalue weighted by Gasteiger charge is 2.29. The fourth-order valence-electron chi connectivity index (χ4n) is 2.71. The van der Waals surface area contributed by atoms with Crippen molar-refractivity contribution in [3.05, 3.63) is 23.0 Å². The average Bonchev–Trinajstić information content (AvgIpc) is 2.64. The van der Waals surface area contributed by atoms with Crippen LogP contribution in [0.5, 0.6) is 0 Å². The lowest BCUT2D eigenvalue weighted by molar-refractivity contribution is -0.137. The first-order valence-electron chi connectivity index (χ1n) is 7.41. The molecule has 0 aromatic rings. The number of carbonyl (C=O) groups is 1. The van der Waals surface area contributed by atoms with Gasteiger partial charge in [-0.1, -0.05) is 33.8 Å². The number of hydrogen-bond acceptors (Lipinski definition) is 2. The van der Waals surface area contributed by atoms with Crippen molar-refractivity contribution in [3.8, 4) is 0 Å². The summed E-state index contributed by atoms with van der Waals surface area (Å²) in [5, 5.41) is 9.35. The summed E-state index contributed by atoms with van der Waals surface area (Å²) in [6, 6.07) is 0. The van der Waals surface area contributed by atoms with Crippen LogP contribution in [0.25, 0.3) is 0 Å². The van der Waals surface area contributed by atoms with E-state index in [1.165, 1.54) is 5.57 Å². The predicted octanol–water partition coefficient (Wildman–Crippen LogP) is 4.54. The molecule has 0 spiro atoms. The van der Waals surface area contributed by atoms with Crippen LogP contribution in [-0.2, 0) is 9.53 Å². The maximum atomic E-state index is 11.4. The highest BCUT2D eigenvalue weighted by molar-refractivity contribution is 5.85. The second kappa shape index (κ2) is 6.47. The number of hydrogen-bond donors (Lipinski definition) is 1. The van der Waals surface area contributed by atoms with Crippen LogP contribution in [0.1, 0.15) is 60.8 Å². The third-order valence-corrected chi connectivity index (χ3v) is 3.71. The van der Waals surface area contributed by atoms with Crippen molar-refractivity contribution in [2.75, 3.05) is 0 Å². The monoisotopic (exact) mass is 280 g/mol. The molecule has 3 heteroatoms. The molecule has 3 nitrogen and oxygen atoms in total. The Balaban J connectivity index is 2.80. The molecule has 0 amide bonds. The van der Waals surface area contributed by atoms with Crippen molar-refractivity contribution in [1.29, 1.82) is 0 Å². The van der Waals surface area contributed by atoms with E-state index in [0.29, 0.717) is 5.92 Å². The Morgan fingerprint density at radius 3 is 2.40 bits per heavy atom. The van der Waals surface area contributed by atoms with Crippen molar-refractivity contribution >= 4 is 5.97 Å². The van der Waals surface area contributed by atoms with Gasteiger partial charge in [0.05, 0.1) is 0 Å². The van der Waals surface area contributed by atoms with Crippen LogP contribution >= 0.6 is 0 Å². The number of rotatable bonds is 6. The van der Waals surface area contributed by atoms with Crippen molar-refractivity contribution in [2.45, 2.75) is 66.9 Å². The van der Waals surface area contributed by atoms with Gasteiger partial charge in [-0.2, -0.15) is 0 Å². The zero-order valence-electron chi connectivity index (χ0n) is 13.6. The molecule has 0 aromatic carbocycles. The van der Waals surface area contributed by atoms with Crippen molar-refractivity contribution < 1.29 is 14.6 Å². The number of carboxylic acid groups (broad SMARTS) is 1. The first kappa shape index (κ1) is 16.8. The Labute approximate surface area is 122 Å². The van der Waals surface area contributed by atoms with Gasteiger partial charge in [-0.05, 0) is 55.6 Å². The molecule has 1 N–H and O–H groups in total. The third-order valence-electron chi connectivity index (χ3n) is 3.71. The fraction of sp³-hybridized carbons (Fsp3) is 0.706. The molecule has 1 rings (SSSR count). The molecule has 1 aliphatic carbocycles. The van der Waals surface area contributed by atoms with E-state index in [0.717, 1.165) is 24.8 Å². The molecular formula is C17H28O3. The quantitative estimate of drug-likeness (QED) is 0.441. The number of carboxylic acids is 1. The van der Waals surface area contributed by atoms with Crippen molar-refractivity contribution in [1.82, 2.24) is 0 Å². The minimum absolute atomic E-state index is 0.122. The summed E-state index contributed by atoms with van der Waals surface area (Å²) in [6.45, 7) is 12.4. The number of allylic oxidation sites excluding steroid dienone is 2. The summed E-state index contributed by atoms with van der Waals surface area (Å²) < 4.78 is 5.76. The SMILES string of the molecule is CC(CC(C)C)=C(OC(C)C1=CCC(C)(C)C1)C(=O)O. The van der Waals surface area contributed by atoms with Gasteiger partial charge in [0.25, 0.3) is 0 Å². The maximum Gasteiger partial charge on any atom is 0.371 e. The first-order chi connectivity index (χ1) is 9.12. The molecule has 0 bridgehead atoms. The molecule has 114 valence electrons. The van der Waals surface area contributed by atoms with Crippen molar-refractivity contribution in [3.63, 3.8) is 0 Å². The van der Waals surface area contributed by atoms with Crippen LogP contribution in [0.2, 0.25) is 0 Å². The second-order valence-corrected chi connectivity index (χ2v) is 7.10. The van der Waals surface area contributed by atoms with E-state index in [4.69, 9.17) is 4.74 Å². The lowest BCUT2D eigenvalue weighted by Crippen LogP contribution is -2.18. The van der Waals surface area contributed by atoms with E-state index in [1.54, 1.807) is 0 Å². The number of ether oxygens (including phenoxy) is 1. The van der Waals surface area contributed by atoms with Gasteiger partial charge < -0.3 is 9.84 Å². The predicted molar refractivity (Wildman–Crippen MR) is 81.4 cm³/mol. The van der Waals surface area contributed by atoms with E-state index >= 15 is 0 Å². The van der Waals surface area contributed by atoms with Crippen LogP contribution in [0.4, 0.5) is 0 Å². The lowest BCUT2D eigenvalue weighted by atomic mass is 9.89. The van der Waals surface area contributed by atoms with E-state index in [2.05, 4.69) is 33.8 Å². The van der Waals surface area contributed by atoms with E-state index in [9.17, 15) is 9.90 Å². The molecule has 0 saturated carbocycles. The molecule has 1 aliphatic rings. The molecule has 0 radical (unpaired) electrons. The minimum atomic E-state index is -0.965. The Bertz CT molecular complexity index is 428. The first-order valence-corrected chi connectivity index (χ1v) is 7.41. The van der Waals surface area contributed by atoms with Gasteiger partial charge in [0.1, 0.15) is 6.10 Å². The summed E-state index contributed by atoms with van der Waals surface area (Å²) in [5.41, 5.74) is 2.30. The molecular weight excluding hydrogens is 252 g/mol. The topological polar surface area (TPSA) is 46.5 Å². The Kier molecular flexibility index (Phi) is 5.43. The van der Waals surface area contributed by atoms with Crippen LogP contribution in [0.3, 0.4) is 0 Å². The van der Waals surface area contributed by atoms with Gasteiger partial charge >= 0.3 is 5.97 Å². The molecule has 0 saturated heterocycles. The molecule has 1 unspecified atom stereocenters. The summed E-state index contributed by atoms with van der Waals surface area (Å²) in [7, 11) is 0. The molecule has 0 heterocycles. The van der Waals surface area contributed by atoms with Crippen LogP contribution in [0.15, 0.2) is 23.0 Å². The largest absolute Gasteiger partial charge is 0.479 e. The van der Waals surface area contributed by atoms with Crippen molar-refractivity contribution in [2.24, 2.45) is 11.3 Å². The molecule has 0 aliphatic heterocycles. The van der Waals surface area contributed by atoms with Gasteiger partial charge in [0, 0.05) is 0 Å². The molecule has 0 fully saturated rings. The standard InChI is InChI=1S/C17H28O3/c1-11(2)9-12(3)15(16(18)19)20-13(4)14-7-8-17(5,6)10-14/h7,11,13H,8-10H2,1-6H3,(H,18,19). The maximum absolute atomic E-state index is 11.4. The summed E-state index contributed by atoms with van der Waals surface area (Å²) >= 11 is 0. The average molecular weight is 280 g/mol. The van der Waals surface area contributed by atoms with Gasteiger partial charge in [-0.25, -0.2) is 4.79 Å². The van der Waals surface area contributed by atoms with Gasteiger partial charge in [-0.3, -0.25) is 0 Å². The number of aliphatic carboxylic acids is 1. The Morgan fingerprint density at radius 2 is 2.00 bits per heavy atom. The molecule has 1 atom stereocenters. The van der Waals surface area contributed by atoms with Gasteiger partial charge in [0.2, 0.25) is 5.76 Å². The Morgan fingerprint density at radius 1 is 1.40 bits per heavy atom. The Hall–Kier alpha value is -1.25. The van der Waals surface area contributed by atoms with Gasteiger partial charge in [0.15, 0.2) is 0 Å². The zero-order chi connectivity index (χ0) is 15.5. The minimum Gasteiger partial charge on any atom is -0.479 e. The summed E-state index contributed by atoms with van der Waals surface area (Å²) in [6.07, 6.45) is 4.79. The van der Waals surface area contributed by atoms with Crippen LogP contribution in [0, 0.1) is 11.3 Å². The van der Waals surface area contributed by atoms with E-state index in [1.807, 2.05) is 13.8 Å². The second-order valence-electron chi connectivity index (χ2n) is 7.10. The van der Waals surface area contributed by atoms with Crippen LogP contribution in [-0.4, -0.2) is 17.2 Å². The van der Waals surface area contributed by atoms with E-state index in [-0.39, 0.29) is 17.3 Å². The fourth-order valence-corrected chi connectivity index (χ4v) is 2.71. The lowest BCUT2D eigenvalue weighted by Gasteiger charge is -2.22. The third kappa shape index (κ3) is 4.69. The molecule has 20 heavy (non-hydrogen) atoms. The summed E-state index contributed by atoms with van der Waals surface area (Å²) in [5.74, 6) is -0.419. The van der Waals surface area contributed by atoms with Gasteiger partial charge in [-0.15, -0.1) is 0 Å². The van der Waals surface area contributed by atoms with E-state index < -0.39 is 5.97 Å².